The number of para-hydroxylation sites is 1. The maximum absolute atomic E-state index is 5.91. The number of guanidine groups is 1. The molecule has 5 nitrogen and oxygen atoms in total. The summed E-state index contributed by atoms with van der Waals surface area (Å²) >= 11 is 0. The van der Waals surface area contributed by atoms with Crippen LogP contribution in [0.25, 0.3) is 0 Å². The number of aliphatic imine (C=N–C) groups is 1. The molecule has 5 heteroatoms. The van der Waals surface area contributed by atoms with Crippen LogP contribution in [-0.2, 0) is 13.0 Å². The van der Waals surface area contributed by atoms with Crippen LogP contribution in [0.3, 0.4) is 0 Å². The average Bonchev–Trinajstić information content (AvgIpc) is 2.66. The molecule has 2 rings (SSSR count). The highest BCUT2D eigenvalue weighted by atomic mass is 16.5. The summed E-state index contributed by atoms with van der Waals surface area (Å²) in [5.41, 5.74) is 2.44. The Kier molecular flexibility index (Phi) is 8.49. The van der Waals surface area contributed by atoms with Gasteiger partial charge in [0.05, 0.1) is 0 Å². The molecular formula is C21H30N4O. The van der Waals surface area contributed by atoms with E-state index in [0.717, 1.165) is 36.8 Å². The van der Waals surface area contributed by atoms with Crippen molar-refractivity contribution in [3.8, 4) is 5.75 Å². The predicted octanol–water partition coefficient (Wildman–Crippen LogP) is 2.53. The number of nitrogens with one attached hydrogen (secondary N) is 2. The first-order chi connectivity index (χ1) is 12.7. The molecule has 0 saturated carbocycles. The molecule has 2 aromatic carbocycles. The van der Waals surface area contributed by atoms with Gasteiger partial charge in [0, 0.05) is 32.2 Å². The first kappa shape index (κ1) is 19.8. The number of likely N-dealkylation sites (N-methyl/N-ethyl adjacent to an activating group) is 1. The normalized spacial score (nSPS) is 11.5. The minimum Gasteiger partial charge on any atom is -0.492 e. The lowest BCUT2D eigenvalue weighted by molar-refractivity contribution is 0.259. The van der Waals surface area contributed by atoms with Crippen molar-refractivity contribution in [2.24, 2.45) is 4.99 Å². The third-order valence-corrected chi connectivity index (χ3v) is 3.99. The summed E-state index contributed by atoms with van der Waals surface area (Å²) in [6.07, 6.45) is 0.964. The van der Waals surface area contributed by atoms with Crippen LogP contribution in [0.4, 0.5) is 0 Å². The van der Waals surface area contributed by atoms with E-state index in [2.05, 4.69) is 50.9 Å². The fraction of sp³-hybridized carbons (Fsp3) is 0.381. The predicted molar refractivity (Wildman–Crippen MR) is 109 cm³/mol. The van der Waals surface area contributed by atoms with Crippen LogP contribution in [0.2, 0.25) is 0 Å². The molecule has 0 unspecified atom stereocenters. The Balaban J connectivity index is 1.80. The lowest BCUT2D eigenvalue weighted by Gasteiger charge is -2.16. The fourth-order valence-corrected chi connectivity index (χ4v) is 2.50. The van der Waals surface area contributed by atoms with E-state index >= 15 is 0 Å². The maximum atomic E-state index is 5.91. The summed E-state index contributed by atoms with van der Waals surface area (Å²) in [4.78, 5) is 6.41. The van der Waals surface area contributed by atoms with Crippen LogP contribution in [0.15, 0.2) is 59.6 Å². The molecule has 0 bridgehead atoms. The summed E-state index contributed by atoms with van der Waals surface area (Å²) in [5.74, 6) is 1.71. The summed E-state index contributed by atoms with van der Waals surface area (Å²) in [5, 5.41) is 6.72. The van der Waals surface area contributed by atoms with Crippen molar-refractivity contribution in [3.63, 3.8) is 0 Å². The highest BCUT2D eigenvalue weighted by molar-refractivity contribution is 5.79. The molecule has 0 radical (unpaired) electrons. The zero-order chi connectivity index (χ0) is 18.6. The average molecular weight is 354 g/mol. The van der Waals surface area contributed by atoms with Crippen molar-refractivity contribution in [1.82, 2.24) is 15.5 Å². The summed E-state index contributed by atoms with van der Waals surface area (Å²) < 4.78 is 5.91. The summed E-state index contributed by atoms with van der Waals surface area (Å²) in [6, 6.07) is 18.6. The second kappa shape index (κ2) is 11.2. The molecule has 2 N–H and O–H groups in total. The van der Waals surface area contributed by atoms with Gasteiger partial charge in [-0.1, -0.05) is 48.5 Å². The molecule has 0 aliphatic rings. The molecule has 26 heavy (non-hydrogen) atoms. The molecule has 0 aliphatic heterocycles. The Hall–Kier alpha value is -2.53. The molecule has 0 spiro atoms. The molecule has 140 valence electrons. The molecule has 0 aromatic heterocycles. The molecule has 2 aromatic rings. The largest absolute Gasteiger partial charge is 0.492 e. The third-order valence-electron chi connectivity index (χ3n) is 3.99. The van der Waals surface area contributed by atoms with Gasteiger partial charge in [-0.25, -0.2) is 0 Å². The van der Waals surface area contributed by atoms with Gasteiger partial charge in [-0.15, -0.1) is 0 Å². The molecule has 0 saturated heterocycles. The van der Waals surface area contributed by atoms with Crippen molar-refractivity contribution in [2.75, 3.05) is 40.8 Å². The highest BCUT2D eigenvalue weighted by Gasteiger charge is 2.05. The lowest BCUT2D eigenvalue weighted by atomic mass is 10.1. The Bertz CT molecular complexity index is 671. The van der Waals surface area contributed by atoms with E-state index in [1.807, 2.05) is 38.4 Å². The van der Waals surface area contributed by atoms with Crippen molar-refractivity contribution in [1.29, 1.82) is 0 Å². The van der Waals surface area contributed by atoms with Crippen LogP contribution in [0, 0.1) is 0 Å². The first-order valence-corrected chi connectivity index (χ1v) is 9.03. The monoisotopic (exact) mass is 354 g/mol. The zero-order valence-corrected chi connectivity index (χ0v) is 16.0. The molecule has 0 fully saturated rings. The van der Waals surface area contributed by atoms with Gasteiger partial charge in [-0.05, 0) is 32.1 Å². The van der Waals surface area contributed by atoms with E-state index in [1.54, 1.807) is 7.05 Å². The molecule has 0 heterocycles. The van der Waals surface area contributed by atoms with Gasteiger partial charge in [0.2, 0.25) is 0 Å². The van der Waals surface area contributed by atoms with Gasteiger partial charge in [0.1, 0.15) is 12.4 Å². The van der Waals surface area contributed by atoms with E-state index in [-0.39, 0.29) is 0 Å². The van der Waals surface area contributed by atoms with Crippen LogP contribution < -0.4 is 15.4 Å². The topological polar surface area (TPSA) is 48.9 Å². The Morgan fingerprint density at radius 2 is 1.73 bits per heavy atom. The van der Waals surface area contributed by atoms with Crippen LogP contribution in [-0.4, -0.2) is 51.7 Å². The second-order valence-corrected chi connectivity index (χ2v) is 6.35. The van der Waals surface area contributed by atoms with Gasteiger partial charge < -0.3 is 20.3 Å². The maximum Gasteiger partial charge on any atom is 0.191 e. The smallest absolute Gasteiger partial charge is 0.191 e. The highest BCUT2D eigenvalue weighted by Crippen LogP contribution is 2.17. The third kappa shape index (κ3) is 7.15. The zero-order valence-electron chi connectivity index (χ0n) is 16.0. The quantitative estimate of drug-likeness (QED) is 0.537. The number of rotatable bonds is 9. The molecule has 0 amide bonds. The lowest BCUT2D eigenvalue weighted by Crippen LogP contribution is -2.37. The summed E-state index contributed by atoms with van der Waals surface area (Å²) in [7, 11) is 5.88. The van der Waals surface area contributed by atoms with Crippen molar-refractivity contribution in [2.45, 2.75) is 13.0 Å². The number of hydrogen-bond acceptors (Lipinski definition) is 3. The van der Waals surface area contributed by atoms with Crippen LogP contribution >= 0.6 is 0 Å². The Morgan fingerprint density at radius 1 is 1.00 bits per heavy atom. The van der Waals surface area contributed by atoms with E-state index in [9.17, 15) is 0 Å². The van der Waals surface area contributed by atoms with Crippen molar-refractivity contribution < 1.29 is 4.74 Å². The molecular weight excluding hydrogens is 324 g/mol. The van der Waals surface area contributed by atoms with E-state index < -0.39 is 0 Å². The summed E-state index contributed by atoms with van der Waals surface area (Å²) in [6.45, 7) is 3.08. The Morgan fingerprint density at radius 3 is 2.46 bits per heavy atom. The number of benzene rings is 2. The second-order valence-electron chi connectivity index (χ2n) is 6.35. The first-order valence-electron chi connectivity index (χ1n) is 9.03. The SMILES string of the molecule is CN=C(NCCc1ccccc1)NCc1ccccc1OCCN(C)C. The van der Waals surface area contributed by atoms with Gasteiger partial charge in [-0.2, -0.15) is 0 Å². The number of hydrogen-bond donors (Lipinski definition) is 2. The fourth-order valence-electron chi connectivity index (χ4n) is 2.50. The van der Waals surface area contributed by atoms with Crippen LogP contribution in [0.5, 0.6) is 5.75 Å². The van der Waals surface area contributed by atoms with E-state index in [4.69, 9.17) is 4.74 Å². The van der Waals surface area contributed by atoms with Gasteiger partial charge >= 0.3 is 0 Å². The van der Waals surface area contributed by atoms with Crippen LogP contribution in [0.1, 0.15) is 11.1 Å². The van der Waals surface area contributed by atoms with Gasteiger partial charge in [-0.3, -0.25) is 4.99 Å². The molecule has 0 aliphatic carbocycles. The number of ether oxygens (including phenoxy) is 1. The molecule has 0 atom stereocenters. The minimum absolute atomic E-state index is 0.670. The minimum atomic E-state index is 0.670. The van der Waals surface area contributed by atoms with Crippen molar-refractivity contribution >= 4 is 5.96 Å². The standard InChI is InChI=1S/C21H30N4O/c1-22-21(23-14-13-18-9-5-4-6-10-18)24-17-19-11-7-8-12-20(19)26-16-15-25(2)3/h4-12H,13-17H2,1-3H3,(H2,22,23,24). The van der Waals surface area contributed by atoms with Crippen molar-refractivity contribution in [3.05, 3.63) is 65.7 Å². The van der Waals surface area contributed by atoms with E-state index in [0.29, 0.717) is 13.2 Å². The van der Waals surface area contributed by atoms with Gasteiger partial charge in [0.15, 0.2) is 5.96 Å². The Labute approximate surface area is 157 Å². The van der Waals surface area contributed by atoms with Gasteiger partial charge in [0.25, 0.3) is 0 Å². The van der Waals surface area contributed by atoms with E-state index in [1.165, 1.54) is 5.56 Å². The number of nitrogens with zero attached hydrogens (tertiary/aromatic N) is 2.